The molecular weight excluding hydrogens is 284 g/mol. The van der Waals surface area contributed by atoms with Crippen LogP contribution in [0, 0.1) is 0 Å². The summed E-state index contributed by atoms with van der Waals surface area (Å²) in [4.78, 5) is 31.7. The van der Waals surface area contributed by atoms with E-state index in [-0.39, 0.29) is 11.5 Å². The summed E-state index contributed by atoms with van der Waals surface area (Å²) in [6, 6.07) is 8.91. The van der Waals surface area contributed by atoms with Crippen LogP contribution in [-0.4, -0.2) is 27.9 Å². The minimum atomic E-state index is -0.936. The number of aromatic nitrogens is 2. The lowest BCUT2D eigenvalue weighted by molar-refractivity contribution is -0.124. The van der Waals surface area contributed by atoms with Crippen LogP contribution in [0.5, 0.6) is 0 Å². The number of benzene rings is 1. The van der Waals surface area contributed by atoms with Crippen LogP contribution in [-0.2, 0) is 9.53 Å². The second kappa shape index (κ2) is 7.16. The van der Waals surface area contributed by atoms with Gasteiger partial charge in [0.05, 0.1) is 0 Å². The zero-order valence-electron chi connectivity index (χ0n) is 12.0. The van der Waals surface area contributed by atoms with E-state index in [0.717, 1.165) is 0 Å². The Hall–Kier alpha value is -2.96. The molecule has 0 saturated carbocycles. The van der Waals surface area contributed by atoms with Crippen molar-refractivity contribution in [3.05, 3.63) is 48.4 Å². The van der Waals surface area contributed by atoms with Crippen molar-refractivity contribution in [2.24, 2.45) is 0 Å². The number of hydrogen-bond acceptors (Lipinski definition) is 6. The predicted octanol–water partition coefficient (Wildman–Crippen LogP) is 1.63. The van der Waals surface area contributed by atoms with E-state index in [2.05, 4.69) is 15.3 Å². The van der Waals surface area contributed by atoms with Crippen LogP contribution < -0.4 is 11.1 Å². The molecule has 0 aliphatic heterocycles. The van der Waals surface area contributed by atoms with Gasteiger partial charge in [-0.25, -0.2) is 14.8 Å². The maximum atomic E-state index is 12.1. The van der Waals surface area contributed by atoms with Crippen molar-refractivity contribution in [3.63, 3.8) is 0 Å². The highest BCUT2D eigenvalue weighted by atomic mass is 16.5. The summed E-state index contributed by atoms with van der Waals surface area (Å²) >= 11 is 0. The summed E-state index contributed by atoms with van der Waals surface area (Å²) in [6.07, 6.45) is 2.09. The Balaban J connectivity index is 2.04. The molecule has 0 fully saturated rings. The standard InChI is InChI=1S/C15H16N4O3/c1-2-11(14(20)19-10-6-4-3-5-7-10)22-15(21)12-13(16)18-9-8-17-12/h3-9,11H,2H2,1H3,(H2,16,18)(H,19,20)/t11-/m0/s1. The molecule has 0 unspecified atom stereocenters. The molecule has 2 rings (SSSR count). The highest BCUT2D eigenvalue weighted by Crippen LogP contribution is 2.11. The summed E-state index contributed by atoms with van der Waals surface area (Å²) in [5.74, 6) is -1.23. The molecule has 1 amide bonds. The number of amides is 1. The number of esters is 1. The number of hydrogen-bond donors (Lipinski definition) is 2. The third kappa shape index (κ3) is 3.78. The van der Waals surface area contributed by atoms with Gasteiger partial charge in [0.2, 0.25) is 0 Å². The number of carbonyl (C=O) groups is 2. The zero-order chi connectivity index (χ0) is 15.9. The predicted molar refractivity (Wildman–Crippen MR) is 81.0 cm³/mol. The Labute approximate surface area is 127 Å². The van der Waals surface area contributed by atoms with Gasteiger partial charge in [-0.1, -0.05) is 25.1 Å². The van der Waals surface area contributed by atoms with Gasteiger partial charge in [0.15, 0.2) is 17.6 Å². The summed E-state index contributed by atoms with van der Waals surface area (Å²) in [6.45, 7) is 1.74. The molecule has 7 nitrogen and oxygen atoms in total. The maximum Gasteiger partial charge on any atom is 0.361 e. The minimum absolute atomic E-state index is 0.0363. The van der Waals surface area contributed by atoms with Gasteiger partial charge in [0.25, 0.3) is 5.91 Å². The maximum absolute atomic E-state index is 12.1. The van der Waals surface area contributed by atoms with E-state index < -0.39 is 18.0 Å². The molecule has 1 aromatic carbocycles. The molecule has 3 N–H and O–H groups in total. The molecule has 22 heavy (non-hydrogen) atoms. The normalized spacial score (nSPS) is 11.5. The first-order chi connectivity index (χ1) is 10.6. The number of anilines is 2. The molecule has 0 aliphatic carbocycles. The van der Waals surface area contributed by atoms with Crippen LogP contribution in [0.2, 0.25) is 0 Å². The van der Waals surface area contributed by atoms with Gasteiger partial charge in [-0.05, 0) is 18.6 Å². The Morgan fingerprint density at radius 1 is 1.23 bits per heavy atom. The van der Waals surface area contributed by atoms with Gasteiger partial charge in [-0.2, -0.15) is 0 Å². The number of nitrogens with one attached hydrogen (secondary N) is 1. The van der Waals surface area contributed by atoms with Gasteiger partial charge in [0.1, 0.15) is 0 Å². The third-order valence-electron chi connectivity index (χ3n) is 2.87. The fraction of sp³-hybridized carbons (Fsp3) is 0.200. The molecule has 1 heterocycles. The highest BCUT2D eigenvalue weighted by molar-refractivity contribution is 5.98. The van der Waals surface area contributed by atoms with Crippen molar-refractivity contribution in [1.29, 1.82) is 0 Å². The Morgan fingerprint density at radius 3 is 2.55 bits per heavy atom. The van der Waals surface area contributed by atoms with Crippen molar-refractivity contribution in [2.45, 2.75) is 19.4 Å². The number of carbonyl (C=O) groups excluding carboxylic acids is 2. The second-order valence-corrected chi connectivity index (χ2v) is 4.45. The van der Waals surface area contributed by atoms with Crippen molar-refractivity contribution >= 4 is 23.4 Å². The molecule has 2 aromatic rings. The molecule has 1 atom stereocenters. The highest BCUT2D eigenvalue weighted by Gasteiger charge is 2.24. The van der Waals surface area contributed by atoms with Crippen molar-refractivity contribution in [3.8, 4) is 0 Å². The fourth-order valence-corrected chi connectivity index (χ4v) is 1.76. The van der Waals surface area contributed by atoms with E-state index in [1.165, 1.54) is 12.4 Å². The minimum Gasteiger partial charge on any atom is -0.447 e. The third-order valence-corrected chi connectivity index (χ3v) is 2.87. The average molecular weight is 300 g/mol. The number of ether oxygens (including phenoxy) is 1. The smallest absolute Gasteiger partial charge is 0.361 e. The summed E-state index contributed by atoms with van der Waals surface area (Å²) in [7, 11) is 0. The van der Waals surface area contributed by atoms with Crippen LogP contribution in [0.4, 0.5) is 11.5 Å². The molecule has 7 heteroatoms. The van der Waals surface area contributed by atoms with Gasteiger partial charge < -0.3 is 15.8 Å². The lowest BCUT2D eigenvalue weighted by Gasteiger charge is -2.16. The Morgan fingerprint density at radius 2 is 1.91 bits per heavy atom. The first kappa shape index (κ1) is 15.4. The van der Waals surface area contributed by atoms with E-state index in [1.54, 1.807) is 31.2 Å². The van der Waals surface area contributed by atoms with Crippen LogP contribution in [0.3, 0.4) is 0 Å². The van der Waals surface area contributed by atoms with Gasteiger partial charge >= 0.3 is 5.97 Å². The van der Waals surface area contributed by atoms with Crippen molar-refractivity contribution < 1.29 is 14.3 Å². The van der Waals surface area contributed by atoms with Crippen molar-refractivity contribution in [2.75, 3.05) is 11.1 Å². The molecule has 0 aliphatic rings. The van der Waals surface area contributed by atoms with Crippen LogP contribution in [0.15, 0.2) is 42.7 Å². The molecule has 114 valence electrons. The zero-order valence-corrected chi connectivity index (χ0v) is 12.0. The van der Waals surface area contributed by atoms with Crippen LogP contribution in [0.25, 0.3) is 0 Å². The second-order valence-electron chi connectivity index (χ2n) is 4.45. The van der Waals surface area contributed by atoms with Crippen molar-refractivity contribution in [1.82, 2.24) is 9.97 Å². The Bertz CT molecular complexity index is 661. The lowest BCUT2D eigenvalue weighted by atomic mass is 10.2. The van der Waals surface area contributed by atoms with Crippen LogP contribution >= 0.6 is 0 Å². The number of nitrogens with two attached hydrogens (primary N) is 1. The fourth-order valence-electron chi connectivity index (χ4n) is 1.76. The monoisotopic (exact) mass is 300 g/mol. The van der Waals surface area contributed by atoms with Gasteiger partial charge in [-0.3, -0.25) is 4.79 Å². The van der Waals surface area contributed by atoms with E-state index in [4.69, 9.17) is 10.5 Å². The van der Waals surface area contributed by atoms with E-state index >= 15 is 0 Å². The number of rotatable bonds is 5. The number of nitrogens with zero attached hydrogens (tertiary/aromatic N) is 2. The molecular formula is C15H16N4O3. The van der Waals surface area contributed by atoms with E-state index in [1.807, 2.05) is 6.07 Å². The van der Waals surface area contributed by atoms with Gasteiger partial charge in [0, 0.05) is 18.1 Å². The van der Waals surface area contributed by atoms with Crippen LogP contribution in [0.1, 0.15) is 23.8 Å². The molecule has 0 radical (unpaired) electrons. The van der Waals surface area contributed by atoms with E-state index in [9.17, 15) is 9.59 Å². The summed E-state index contributed by atoms with van der Waals surface area (Å²) in [5.41, 5.74) is 6.09. The first-order valence-electron chi connectivity index (χ1n) is 6.75. The molecule has 0 saturated heterocycles. The lowest BCUT2D eigenvalue weighted by Crippen LogP contribution is -2.32. The molecule has 0 spiro atoms. The van der Waals surface area contributed by atoms with Gasteiger partial charge in [-0.15, -0.1) is 0 Å². The molecule has 0 bridgehead atoms. The summed E-state index contributed by atoms with van der Waals surface area (Å²) in [5, 5.41) is 2.68. The largest absolute Gasteiger partial charge is 0.447 e. The number of para-hydroxylation sites is 1. The van der Waals surface area contributed by atoms with E-state index in [0.29, 0.717) is 12.1 Å². The quantitative estimate of drug-likeness (QED) is 0.813. The first-order valence-corrected chi connectivity index (χ1v) is 6.75. The average Bonchev–Trinajstić information content (AvgIpc) is 2.53. The summed E-state index contributed by atoms with van der Waals surface area (Å²) < 4.78 is 5.17. The topological polar surface area (TPSA) is 107 Å². The number of nitrogen functional groups attached to an aromatic ring is 1. The Kier molecular flexibility index (Phi) is 5.02. The SMILES string of the molecule is CC[C@H](OC(=O)c1nccnc1N)C(=O)Nc1ccccc1. The molecule has 1 aromatic heterocycles.